The summed E-state index contributed by atoms with van der Waals surface area (Å²) in [6.07, 6.45) is 11.7. The number of H-pyrrole nitrogens is 1. The molecule has 2 heterocycles. The van der Waals surface area contributed by atoms with Crippen molar-refractivity contribution in [3.05, 3.63) is 65.0 Å². The van der Waals surface area contributed by atoms with Crippen LogP contribution in [-0.4, -0.2) is 47.6 Å². The molecule has 2 aliphatic carbocycles. The molecule has 3 unspecified atom stereocenters. The number of likely N-dealkylation sites (N-methyl/N-ethyl adjacent to an activating group) is 1. The van der Waals surface area contributed by atoms with Gasteiger partial charge in [0.25, 0.3) is 0 Å². The van der Waals surface area contributed by atoms with Gasteiger partial charge in [0.05, 0.1) is 11.2 Å². The first-order valence-corrected chi connectivity index (χ1v) is 12.6. The number of nitrogens with zero attached hydrogens (tertiary/aromatic N) is 2. The quantitative estimate of drug-likeness (QED) is 0.502. The summed E-state index contributed by atoms with van der Waals surface area (Å²) in [7, 11) is 4.35. The van der Waals surface area contributed by atoms with Crippen LogP contribution in [0.15, 0.2) is 42.5 Å². The van der Waals surface area contributed by atoms with Crippen LogP contribution in [0.4, 0.5) is 0 Å². The highest BCUT2D eigenvalue weighted by atomic mass is 16.1. The Morgan fingerprint density at radius 1 is 1.15 bits per heavy atom. The third-order valence-corrected chi connectivity index (χ3v) is 7.25. The number of benzene rings is 1. The second kappa shape index (κ2) is 11.3. The zero-order valence-corrected chi connectivity index (χ0v) is 21.3. The van der Waals surface area contributed by atoms with Crippen molar-refractivity contribution < 1.29 is 4.79 Å². The lowest BCUT2D eigenvalue weighted by Crippen LogP contribution is -2.43. The molecule has 1 aromatic carbocycles. The molecule has 5 nitrogen and oxygen atoms in total. The first kappa shape index (κ1) is 25.4. The Kier molecular flexibility index (Phi) is 8.66. The topological polar surface area (TPSA) is 61.0 Å². The van der Waals surface area contributed by atoms with Gasteiger partial charge in [-0.3, -0.25) is 9.89 Å². The molecule has 1 aliphatic heterocycles. The van der Waals surface area contributed by atoms with Gasteiger partial charge in [-0.2, -0.15) is 5.10 Å². The minimum absolute atomic E-state index is 0.0194. The van der Waals surface area contributed by atoms with Crippen molar-refractivity contribution in [3.63, 3.8) is 0 Å². The van der Waals surface area contributed by atoms with E-state index >= 15 is 0 Å². The number of carbonyl (C=O) groups excluding carboxylic acids is 1. The fraction of sp³-hybridized carbons (Fsp3) is 0.571. The van der Waals surface area contributed by atoms with Crippen LogP contribution in [0.3, 0.4) is 0 Å². The Balaban J connectivity index is 0.000000258. The summed E-state index contributed by atoms with van der Waals surface area (Å²) >= 11 is 0. The van der Waals surface area contributed by atoms with Crippen molar-refractivity contribution in [2.45, 2.75) is 77.4 Å². The Labute approximate surface area is 200 Å². The van der Waals surface area contributed by atoms with Crippen LogP contribution in [0.1, 0.15) is 74.3 Å². The lowest BCUT2D eigenvalue weighted by atomic mass is 9.81. The SMILES string of the molecule is CC.C[C@@H]1CCc2c([C@@]3(C)CC4C=CC(N(C)C)CC4N3)n[nH]c2C1.O=Cc1ccccc1. The van der Waals surface area contributed by atoms with Crippen LogP contribution in [0, 0.1) is 11.8 Å². The predicted molar refractivity (Wildman–Crippen MR) is 137 cm³/mol. The minimum atomic E-state index is 0.0194. The number of hydrogen-bond donors (Lipinski definition) is 2. The largest absolute Gasteiger partial charge is 0.303 e. The number of fused-ring (bicyclic) bond motifs is 2. The van der Waals surface area contributed by atoms with Crippen LogP contribution >= 0.6 is 0 Å². The number of rotatable bonds is 3. The minimum Gasteiger partial charge on any atom is -0.303 e. The van der Waals surface area contributed by atoms with E-state index in [1.807, 2.05) is 32.0 Å². The average Bonchev–Trinajstić information content (AvgIpc) is 3.41. The Morgan fingerprint density at radius 3 is 2.52 bits per heavy atom. The van der Waals surface area contributed by atoms with E-state index in [-0.39, 0.29) is 5.54 Å². The van der Waals surface area contributed by atoms with E-state index in [1.165, 1.54) is 42.6 Å². The Bertz CT molecular complexity index is 919. The Hall–Kier alpha value is -2.24. The fourth-order valence-corrected chi connectivity index (χ4v) is 5.45. The molecule has 2 aromatic rings. The molecule has 0 radical (unpaired) electrons. The molecule has 5 rings (SSSR count). The summed E-state index contributed by atoms with van der Waals surface area (Å²) in [4.78, 5) is 12.3. The van der Waals surface area contributed by atoms with Crippen molar-refractivity contribution in [1.82, 2.24) is 20.4 Å². The number of aldehydes is 1. The van der Waals surface area contributed by atoms with Gasteiger partial charge in [0, 0.05) is 23.3 Å². The molecule has 0 bridgehead atoms. The van der Waals surface area contributed by atoms with Gasteiger partial charge in [-0.1, -0.05) is 63.3 Å². The summed E-state index contributed by atoms with van der Waals surface area (Å²) in [5.41, 5.74) is 4.94. The van der Waals surface area contributed by atoms with Gasteiger partial charge < -0.3 is 10.2 Å². The monoisotopic (exact) mass is 450 g/mol. The number of nitrogens with one attached hydrogen (secondary N) is 2. The Morgan fingerprint density at radius 2 is 1.88 bits per heavy atom. The maximum absolute atomic E-state index is 10.0. The second-order valence-corrected chi connectivity index (χ2v) is 10.0. The number of aromatic nitrogens is 2. The van der Waals surface area contributed by atoms with E-state index < -0.39 is 0 Å². The van der Waals surface area contributed by atoms with Crippen molar-refractivity contribution >= 4 is 6.29 Å². The second-order valence-electron chi connectivity index (χ2n) is 10.0. The van der Waals surface area contributed by atoms with Gasteiger partial charge in [0.1, 0.15) is 6.29 Å². The van der Waals surface area contributed by atoms with Crippen molar-refractivity contribution in [2.24, 2.45) is 11.8 Å². The van der Waals surface area contributed by atoms with Gasteiger partial charge in [0.15, 0.2) is 0 Å². The molecule has 3 aliphatic rings. The van der Waals surface area contributed by atoms with Crippen molar-refractivity contribution in [1.29, 1.82) is 0 Å². The molecule has 0 saturated carbocycles. The summed E-state index contributed by atoms with van der Waals surface area (Å²) in [6.45, 7) is 8.71. The normalized spacial score (nSPS) is 29.8. The van der Waals surface area contributed by atoms with E-state index in [0.29, 0.717) is 18.0 Å². The lowest BCUT2D eigenvalue weighted by Gasteiger charge is -2.31. The third-order valence-electron chi connectivity index (χ3n) is 7.25. The molecule has 2 N–H and O–H groups in total. The standard InChI is InChI=1S/C19H30N4.C7H6O.C2H6/c1-12-5-8-15-17(9-12)21-22-18(15)19(2)11-13-6-7-14(23(3)4)10-16(13)20-19;8-6-7-4-2-1-3-5-7;1-2/h6-7,12-14,16,20H,5,8-11H2,1-4H3,(H,21,22);1-6H;1-2H3/t12-,13?,14?,16?,19-;;/m1../s1. The molecule has 180 valence electrons. The first-order chi connectivity index (χ1) is 15.9. The van der Waals surface area contributed by atoms with Gasteiger partial charge in [-0.25, -0.2) is 0 Å². The van der Waals surface area contributed by atoms with Gasteiger partial charge >= 0.3 is 0 Å². The van der Waals surface area contributed by atoms with E-state index in [4.69, 9.17) is 5.10 Å². The van der Waals surface area contributed by atoms with Crippen LogP contribution < -0.4 is 5.32 Å². The van der Waals surface area contributed by atoms with E-state index in [1.54, 1.807) is 12.1 Å². The molecule has 5 atom stereocenters. The third kappa shape index (κ3) is 5.82. The molecule has 1 aromatic heterocycles. The molecule has 5 heteroatoms. The zero-order valence-electron chi connectivity index (χ0n) is 21.3. The molecular formula is C28H42N4O. The predicted octanol–water partition coefficient (Wildman–Crippen LogP) is 5.14. The number of carbonyl (C=O) groups is 1. The summed E-state index contributed by atoms with van der Waals surface area (Å²) in [6, 6.07) is 10.2. The highest BCUT2D eigenvalue weighted by Gasteiger charge is 2.46. The highest BCUT2D eigenvalue weighted by Crippen LogP contribution is 2.43. The van der Waals surface area contributed by atoms with Crippen LogP contribution in [-0.2, 0) is 18.4 Å². The van der Waals surface area contributed by atoms with E-state index in [0.717, 1.165) is 24.2 Å². The van der Waals surface area contributed by atoms with Crippen molar-refractivity contribution in [2.75, 3.05) is 14.1 Å². The number of aromatic amines is 1. The smallest absolute Gasteiger partial charge is 0.150 e. The molecule has 0 spiro atoms. The molecule has 33 heavy (non-hydrogen) atoms. The summed E-state index contributed by atoms with van der Waals surface area (Å²) in [5, 5.41) is 12.1. The summed E-state index contributed by atoms with van der Waals surface area (Å²) < 4.78 is 0. The van der Waals surface area contributed by atoms with Gasteiger partial charge in [-0.05, 0) is 70.5 Å². The average molecular weight is 451 g/mol. The molecule has 0 amide bonds. The molecule has 1 saturated heterocycles. The lowest BCUT2D eigenvalue weighted by molar-refractivity contribution is 0.112. The van der Waals surface area contributed by atoms with Crippen LogP contribution in [0.25, 0.3) is 0 Å². The van der Waals surface area contributed by atoms with Gasteiger partial charge in [0.2, 0.25) is 0 Å². The maximum Gasteiger partial charge on any atom is 0.150 e. The maximum atomic E-state index is 10.0. The highest BCUT2D eigenvalue weighted by molar-refractivity contribution is 5.74. The van der Waals surface area contributed by atoms with E-state index in [9.17, 15) is 4.79 Å². The first-order valence-electron chi connectivity index (χ1n) is 12.6. The zero-order chi connectivity index (χ0) is 24.0. The fourth-order valence-electron chi connectivity index (χ4n) is 5.45. The molecule has 1 fully saturated rings. The molecular weight excluding hydrogens is 408 g/mol. The van der Waals surface area contributed by atoms with E-state index in [2.05, 4.69) is 55.4 Å². The van der Waals surface area contributed by atoms with Gasteiger partial charge in [-0.15, -0.1) is 0 Å². The number of hydrogen-bond acceptors (Lipinski definition) is 4. The van der Waals surface area contributed by atoms with Crippen LogP contribution in [0.5, 0.6) is 0 Å². The van der Waals surface area contributed by atoms with Crippen molar-refractivity contribution in [3.8, 4) is 0 Å². The summed E-state index contributed by atoms with van der Waals surface area (Å²) in [5.74, 6) is 1.43. The van der Waals surface area contributed by atoms with Crippen LogP contribution in [0.2, 0.25) is 0 Å².